The summed E-state index contributed by atoms with van der Waals surface area (Å²) >= 11 is 0. The van der Waals surface area contributed by atoms with Crippen molar-refractivity contribution in [1.82, 2.24) is 9.80 Å². The smallest absolute Gasteiger partial charge is 0.251 e. The highest BCUT2D eigenvalue weighted by Crippen LogP contribution is 2.27. The quantitative estimate of drug-likeness (QED) is 0.800. The molecule has 3 amide bonds. The van der Waals surface area contributed by atoms with Crippen LogP contribution < -0.4 is 5.32 Å². The maximum atomic E-state index is 13.3. The Labute approximate surface area is 176 Å². The molecule has 0 aliphatic carbocycles. The largest absolute Gasteiger partial charge is 0.338 e. The molecule has 6 nitrogen and oxygen atoms in total. The predicted molar refractivity (Wildman–Crippen MR) is 114 cm³/mol. The molecule has 4 rings (SSSR count). The highest BCUT2D eigenvalue weighted by Gasteiger charge is 2.32. The van der Waals surface area contributed by atoms with Crippen LogP contribution in [0.1, 0.15) is 49.3 Å². The lowest BCUT2D eigenvalue weighted by atomic mass is 10.0. The molecule has 6 heteroatoms. The molecule has 1 unspecified atom stereocenters. The molecule has 0 bridgehead atoms. The first-order valence-corrected chi connectivity index (χ1v) is 10.6. The van der Waals surface area contributed by atoms with Crippen molar-refractivity contribution in [3.8, 4) is 0 Å². The molecule has 2 fully saturated rings. The number of piperidine rings is 1. The van der Waals surface area contributed by atoms with E-state index in [0.717, 1.165) is 36.9 Å². The summed E-state index contributed by atoms with van der Waals surface area (Å²) in [5.41, 5.74) is 2.46. The van der Waals surface area contributed by atoms with Crippen LogP contribution in [-0.4, -0.2) is 40.6 Å². The van der Waals surface area contributed by atoms with Crippen LogP contribution in [0, 0.1) is 0 Å². The molecular weight excluding hydrogens is 378 g/mol. The van der Waals surface area contributed by atoms with E-state index in [0.29, 0.717) is 31.6 Å². The SMILES string of the molecule is O=C(Nc1cccc(CN2CCCC2=O)c1)C(c1ccccc1)N1CCCCC1=O. The fraction of sp³-hybridized carbons (Fsp3) is 0.375. The number of carbonyl (C=O) groups is 3. The van der Waals surface area contributed by atoms with Crippen molar-refractivity contribution in [3.05, 3.63) is 65.7 Å². The van der Waals surface area contributed by atoms with Crippen molar-refractivity contribution in [2.45, 2.75) is 44.7 Å². The van der Waals surface area contributed by atoms with Crippen LogP contribution in [-0.2, 0) is 20.9 Å². The van der Waals surface area contributed by atoms with Gasteiger partial charge in [0.25, 0.3) is 5.91 Å². The molecule has 30 heavy (non-hydrogen) atoms. The maximum Gasteiger partial charge on any atom is 0.251 e. The molecule has 2 aromatic rings. The minimum Gasteiger partial charge on any atom is -0.338 e. The Morgan fingerprint density at radius 3 is 2.43 bits per heavy atom. The zero-order chi connectivity index (χ0) is 20.9. The van der Waals surface area contributed by atoms with Gasteiger partial charge < -0.3 is 15.1 Å². The number of hydrogen-bond acceptors (Lipinski definition) is 3. The van der Waals surface area contributed by atoms with E-state index in [1.807, 2.05) is 59.5 Å². The first-order valence-electron chi connectivity index (χ1n) is 10.6. The molecule has 2 saturated heterocycles. The number of nitrogens with zero attached hydrogens (tertiary/aromatic N) is 2. The van der Waals surface area contributed by atoms with Crippen LogP contribution >= 0.6 is 0 Å². The number of anilines is 1. The van der Waals surface area contributed by atoms with Gasteiger partial charge >= 0.3 is 0 Å². The van der Waals surface area contributed by atoms with Gasteiger partial charge in [-0.15, -0.1) is 0 Å². The van der Waals surface area contributed by atoms with Gasteiger partial charge in [0.05, 0.1) is 0 Å². The summed E-state index contributed by atoms with van der Waals surface area (Å²) in [4.78, 5) is 41.3. The van der Waals surface area contributed by atoms with Crippen LogP contribution in [0.5, 0.6) is 0 Å². The summed E-state index contributed by atoms with van der Waals surface area (Å²) in [6, 6.07) is 16.4. The van der Waals surface area contributed by atoms with Gasteiger partial charge in [-0.25, -0.2) is 0 Å². The van der Waals surface area contributed by atoms with E-state index < -0.39 is 6.04 Å². The standard InChI is InChI=1S/C24H27N3O3/c28-21-13-7-14-26(21)17-18-8-6-11-20(16-18)25-24(30)23(19-9-2-1-3-10-19)27-15-5-4-12-22(27)29/h1-3,6,8-11,16,23H,4-5,7,12-15,17H2,(H,25,30). The summed E-state index contributed by atoms with van der Waals surface area (Å²) in [6.45, 7) is 1.92. The second-order valence-electron chi connectivity index (χ2n) is 7.97. The van der Waals surface area contributed by atoms with Gasteiger partial charge in [-0.05, 0) is 42.5 Å². The third-order valence-electron chi connectivity index (χ3n) is 5.77. The van der Waals surface area contributed by atoms with Gasteiger partial charge in [0.1, 0.15) is 6.04 Å². The molecule has 0 spiro atoms. The normalized spacial score (nSPS) is 17.9. The number of amides is 3. The lowest BCUT2D eigenvalue weighted by molar-refractivity contribution is -0.141. The van der Waals surface area contributed by atoms with Crippen LogP contribution in [0.15, 0.2) is 54.6 Å². The molecular formula is C24H27N3O3. The van der Waals surface area contributed by atoms with Crippen LogP contribution in [0.25, 0.3) is 0 Å². The zero-order valence-electron chi connectivity index (χ0n) is 17.0. The van der Waals surface area contributed by atoms with E-state index in [4.69, 9.17) is 0 Å². The lowest BCUT2D eigenvalue weighted by Crippen LogP contribution is -2.43. The number of nitrogens with one attached hydrogen (secondary N) is 1. The van der Waals surface area contributed by atoms with Crippen LogP contribution in [0.2, 0.25) is 0 Å². The maximum absolute atomic E-state index is 13.3. The van der Waals surface area contributed by atoms with E-state index in [9.17, 15) is 14.4 Å². The molecule has 0 radical (unpaired) electrons. The van der Waals surface area contributed by atoms with Crippen molar-refractivity contribution in [3.63, 3.8) is 0 Å². The molecule has 2 heterocycles. The first-order chi connectivity index (χ1) is 14.6. The summed E-state index contributed by atoms with van der Waals surface area (Å²) in [5.74, 6) is -0.0189. The number of rotatable bonds is 6. The molecule has 156 valence electrons. The van der Waals surface area contributed by atoms with E-state index in [1.165, 1.54) is 0 Å². The Kier molecular flexibility index (Phi) is 6.12. The number of carbonyl (C=O) groups excluding carboxylic acids is 3. The van der Waals surface area contributed by atoms with E-state index >= 15 is 0 Å². The molecule has 1 N–H and O–H groups in total. The molecule has 1 atom stereocenters. The van der Waals surface area contributed by atoms with E-state index in [2.05, 4.69) is 5.32 Å². The second kappa shape index (κ2) is 9.11. The van der Waals surface area contributed by atoms with Crippen molar-refractivity contribution in [2.24, 2.45) is 0 Å². The Morgan fingerprint density at radius 2 is 1.70 bits per heavy atom. The van der Waals surface area contributed by atoms with Crippen LogP contribution in [0.3, 0.4) is 0 Å². The van der Waals surface area contributed by atoms with Gasteiger partial charge in [0.2, 0.25) is 11.8 Å². The monoisotopic (exact) mass is 405 g/mol. The summed E-state index contributed by atoms with van der Waals surface area (Å²) in [7, 11) is 0. The number of likely N-dealkylation sites (tertiary alicyclic amines) is 2. The van der Waals surface area contributed by atoms with Gasteiger partial charge in [0, 0.05) is 38.2 Å². The Bertz CT molecular complexity index is 928. The fourth-order valence-corrected chi connectivity index (χ4v) is 4.26. The molecule has 0 aromatic heterocycles. The average Bonchev–Trinajstić information content (AvgIpc) is 3.15. The minimum absolute atomic E-state index is 0.0200. The van der Waals surface area contributed by atoms with E-state index in [-0.39, 0.29) is 17.7 Å². The van der Waals surface area contributed by atoms with Crippen LogP contribution in [0.4, 0.5) is 5.69 Å². The zero-order valence-corrected chi connectivity index (χ0v) is 17.0. The average molecular weight is 405 g/mol. The molecule has 2 aromatic carbocycles. The Hall–Kier alpha value is -3.15. The Balaban J connectivity index is 1.53. The lowest BCUT2D eigenvalue weighted by Gasteiger charge is -2.34. The number of hydrogen-bond donors (Lipinski definition) is 1. The Morgan fingerprint density at radius 1 is 0.900 bits per heavy atom. The molecule has 2 aliphatic rings. The summed E-state index contributed by atoms with van der Waals surface area (Å²) in [6.07, 6.45) is 3.77. The third-order valence-corrected chi connectivity index (χ3v) is 5.77. The van der Waals surface area contributed by atoms with Gasteiger partial charge in [0.15, 0.2) is 0 Å². The highest BCUT2D eigenvalue weighted by atomic mass is 16.2. The number of benzene rings is 2. The van der Waals surface area contributed by atoms with Crippen molar-refractivity contribution < 1.29 is 14.4 Å². The topological polar surface area (TPSA) is 69.7 Å². The predicted octanol–water partition coefficient (Wildman–Crippen LogP) is 3.50. The van der Waals surface area contributed by atoms with E-state index in [1.54, 1.807) is 4.90 Å². The van der Waals surface area contributed by atoms with Gasteiger partial charge in [-0.1, -0.05) is 42.5 Å². The van der Waals surface area contributed by atoms with Gasteiger partial charge in [-0.2, -0.15) is 0 Å². The van der Waals surface area contributed by atoms with Crippen molar-refractivity contribution in [1.29, 1.82) is 0 Å². The third kappa shape index (κ3) is 4.53. The first kappa shape index (κ1) is 20.1. The second-order valence-corrected chi connectivity index (χ2v) is 7.97. The van der Waals surface area contributed by atoms with Crippen molar-refractivity contribution >= 4 is 23.4 Å². The van der Waals surface area contributed by atoms with Gasteiger partial charge in [-0.3, -0.25) is 14.4 Å². The van der Waals surface area contributed by atoms with Crippen molar-refractivity contribution in [2.75, 3.05) is 18.4 Å². The minimum atomic E-state index is -0.650. The summed E-state index contributed by atoms with van der Waals surface area (Å²) < 4.78 is 0. The fourth-order valence-electron chi connectivity index (χ4n) is 4.26. The summed E-state index contributed by atoms with van der Waals surface area (Å²) in [5, 5.41) is 3.00. The molecule has 0 saturated carbocycles. The molecule has 2 aliphatic heterocycles. The highest BCUT2D eigenvalue weighted by molar-refractivity contribution is 5.98.